The fraction of sp³-hybridized carbons (Fsp3) is 0.278. The van der Waals surface area contributed by atoms with Crippen molar-refractivity contribution < 1.29 is 27.1 Å². The second-order valence-corrected chi connectivity index (χ2v) is 5.79. The molecule has 8 heteroatoms. The van der Waals surface area contributed by atoms with Crippen LogP contribution in [0.1, 0.15) is 15.9 Å². The number of alkyl halides is 3. The van der Waals surface area contributed by atoms with E-state index in [4.69, 9.17) is 4.74 Å². The van der Waals surface area contributed by atoms with Crippen molar-refractivity contribution in [2.75, 3.05) is 36.5 Å². The van der Waals surface area contributed by atoms with Crippen molar-refractivity contribution in [2.24, 2.45) is 0 Å². The summed E-state index contributed by atoms with van der Waals surface area (Å²) in [7, 11) is 0. The summed E-state index contributed by atoms with van der Waals surface area (Å²) in [5, 5.41) is 2.58. The highest BCUT2D eigenvalue weighted by molar-refractivity contribution is 6.06. The van der Waals surface area contributed by atoms with Crippen LogP contribution in [0.2, 0.25) is 0 Å². The van der Waals surface area contributed by atoms with E-state index in [1.54, 1.807) is 6.07 Å². The molecule has 0 unspecified atom stereocenters. The first-order chi connectivity index (χ1) is 12.3. The molecule has 138 valence electrons. The van der Waals surface area contributed by atoms with Gasteiger partial charge >= 0.3 is 6.18 Å². The zero-order valence-corrected chi connectivity index (χ0v) is 13.6. The quantitative estimate of drug-likeness (QED) is 0.835. The maximum absolute atomic E-state index is 13.6. The normalized spacial score (nSPS) is 15.0. The first kappa shape index (κ1) is 18.2. The van der Waals surface area contributed by atoms with Crippen LogP contribution in [0, 0.1) is 5.82 Å². The van der Waals surface area contributed by atoms with E-state index in [1.807, 2.05) is 4.90 Å². The highest BCUT2D eigenvalue weighted by Gasteiger charge is 2.30. The second-order valence-electron chi connectivity index (χ2n) is 5.79. The number of ether oxygens (including phenoxy) is 1. The summed E-state index contributed by atoms with van der Waals surface area (Å²) in [6, 6.07) is 7.89. The second kappa shape index (κ2) is 7.33. The number of hydrogen-bond donors (Lipinski definition) is 1. The molecule has 0 saturated carbocycles. The van der Waals surface area contributed by atoms with Gasteiger partial charge in [0.15, 0.2) is 0 Å². The van der Waals surface area contributed by atoms with E-state index >= 15 is 0 Å². The van der Waals surface area contributed by atoms with E-state index in [-0.39, 0.29) is 11.3 Å². The number of morpholine rings is 1. The predicted octanol–water partition coefficient (Wildman–Crippen LogP) is 3.93. The number of halogens is 4. The van der Waals surface area contributed by atoms with Crippen LogP contribution in [0.3, 0.4) is 0 Å². The molecule has 4 nitrogen and oxygen atoms in total. The van der Waals surface area contributed by atoms with Crippen LogP contribution in [-0.2, 0) is 10.9 Å². The molecule has 1 aliphatic heterocycles. The van der Waals surface area contributed by atoms with Crippen molar-refractivity contribution in [3.63, 3.8) is 0 Å². The van der Waals surface area contributed by atoms with Gasteiger partial charge in [-0.25, -0.2) is 4.39 Å². The van der Waals surface area contributed by atoms with Gasteiger partial charge in [0.05, 0.1) is 30.2 Å². The lowest BCUT2D eigenvalue weighted by Crippen LogP contribution is -2.36. The number of nitrogens with zero attached hydrogens (tertiary/aromatic N) is 1. The highest BCUT2D eigenvalue weighted by atomic mass is 19.4. The molecule has 3 rings (SSSR count). The Hall–Kier alpha value is -2.61. The third-order valence-corrected chi connectivity index (χ3v) is 4.03. The lowest BCUT2D eigenvalue weighted by molar-refractivity contribution is -0.137. The van der Waals surface area contributed by atoms with Crippen LogP contribution >= 0.6 is 0 Å². The summed E-state index contributed by atoms with van der Waals surface area (Å²) >= 11 is 0. The van der Waals surface area contributed by atoms with Gasteiger partial charge in [-0.05, 0) is 42.5 Å². The molecule has 1 amide bonds. The van der Waals surface area contributed by atoms with E-state index in [2.05, 4.69) is 5.32 Å². The molecule has 2 aromatic carbocycles. The van der Waals surface area contributed by atoms with E-state index in [0.29, 0.717) is 32.0 Å². The van der Waals surface area contributed by atoms with E-state index < -0.39 is 23.5 Å². The number of benzene rings is 2. The Balaban J connectivity index is 1.81. The lowest BCUT2D eigenvalue weighted by atomic mass is 10.1. The topological polar surface area (TPSA) is 41.6 Å². The van der Waals surface area contributed by atoms with Crippen molar-refractivity contribution >= 4 is 17.3 Å². The Bertz CT molecular complexity index is 785. The van der Waals surface area contributed by atoms with E-state index in [0.717, 1.165) is 24.3 Å². The largest absolute Gasteiger partial charge is 0.416 e. The minimum Gasteiger partial charge on any atom is -0.378 e. The monoisotopic (exact) mass is 368 g/mol. The van der Waals surface area contributed by atoms with Crippen molar-refractivity contribution in [1.82, 2.24) is 0 Å². The van der Waals surface area contributed by atoms with Crippen LogP contribution < -0.4 is 10.2 Å². The number of carbonyl (C=O) groups excluding carboxylic acids is 1. The lowest BCUT2D eigenvalue weighted by Gasteiger charge is -2.30. The number of carbonyl (C=O) groups is 1. The Labute approximate surface area is 147 Å². The van der Waals surface area contributed by atoms with Gasteiger partial charge in [0, 0.05) is 18.7 Å². The van der Waals surface area contributed by atoms with Gasteiger partial charge in [-0.3, -0.25) is 4.79 Å². The first-order valence-electron chi connectivity index (χ1n) is 7.95. The Morgan fingerprint density at radius 1 is 1.04 bits per heavy atom. The van der Waals surface area contributed by atoms with Gasteiger partial charge in [0.1, 0.15) is 5.82 Å². The summed E-state index contributed by atoms with van der Waals surface area (Å²) in [5.74, 6) is -1.14. The standard InChI is InChI=1S/C18H16F4N2O2/c19-14-5-6-16(24-7-9-26-10-8-24)15(11-14)23-17(25)12-1-3-13(4-2-12)18(20,21)22/h1-6,11H,7-10H2,(H,23,25). The van der Waals surface area contributed by atoms with Gasteiger partial charge in [0.25, 0.3) is 5.91 Å². The molecule has 0 bridgehead atoms. The Kier molecular flexibility index (Phi) is 5.13. The Morgan fingerprint density at radius 3 is 2.31 bits per heavy atom. The van der Waals surface area contributed by atoms with Gasteiger partial charge in [-0.15, -0.1) is 0 Å². The zero-order chi connectivity index (χ0) is 18.7. The van der Waals surface area contributed by atoms with Gasteiger partial charge < -0.3 is 15.0 Å². The van der Waals surface area contributed by atoms with Crippen molar-refractivity contribution in [1.29, 1.82) is 0 Å². The first-order valence-corrected chi connectivity index (χ1v) is 7.95. The molecule has 0 aromatic heterocycles. The molecule has 0 atom stereocenters. The number of nitrogens with one attached hydrogen (secondary N) is 1. The number of anilines is 2. The average Bonchev–Trinajstić information content (AvgIpc) is 2.62. The molecule has 0 aliphatic carbocycles. The molecule has 1 aliphatic rings. The fourth-order valence-corrected chi connectivity index (χ4v) is 2.69. The van der Waals surface area contributed by atoms with Crippen LogP contribution in [0.5, 0.6) is 0 Å². The number of rotatable bonds is 3. The summed E-state index contributed by atoms with van der Waals surface area (Å²) in [6.45, 7) is 2.22. The molecule has 26 heavy (non-hydrogen) atoms. The van der Waals surface area contributed by atoms with Crippen molar-refractivity contribution in [2.45, 2.75) is 6.18 Å². The fourth-order valence-electron chi connectivity index (χ4n) is 2.69. The Morgan fingerprint density at radius 2 is 1.69 bits per heavy atom. The summed E-state index contributed by atoms with van der Waals surface area (Å²) < 4.78 is 56.7. The van der Waals surface area contributed by atoms with E-state index in [9.17, 15) is 22.4 Å². The SMILES string of the molecule is O=C(Nc1cc(F)ccc1N1CCOCC1)c1ccc(C(F)(F)F)cc1. The molecule has 1 heterocycles. The molecule has 2 aromatic rings. The van der Waals surface area contributed by atoms with Gasteiger partial charge in [0.2, 0.25) is 0 Å². The van der Waals surface area contributed by atoms with Crippen LogP contribution in [0.15, 0.2) is 42.5 Å². The van der Waals surface area contributed by atoms with Gasteiger partial charge in [-0.2, -0.15) is 13.2 Å². The van der Waals surface area contributed by atoms with Crippen LogP contribution in [-0.4, -0.2) is 32.2 Å². The van der Waals surface area contributed by atoms with Crippen LogP contribution in [0.4, 0.5) is 28.9 Å². The third-order valence-electron chi connectivity index (χ3n) is 4.03. The summed E-state index contributed by atoms with van der Waals surface area (Å²) in [5.41, 5.74) is 0.107. The molecule has 0 radical (unpaired) electrons. The summed E-state index contributed by atoms with van der Waals surface area (Å²) in [4.78, 5) is 14.3. The maximum atomic E-state index is 13.6. The van der Waals surface area contributed by atoms with E-state index in [1.165, 1.54) is 12.1 Å². The average molecular weight is 368 g/mol. The molecule has 0 spiro atoms. The smallest absolute Gasteiger partial charge is 0.378 e. The third kappa shape index (κ3) is 4.13. The van der Waals surface area contributed by atoms with Crippen molar-refractivity contribution in [3.8, 4) is 0 Å². The minimum absolute atomic E-state index is 0.0511. The number of hydrogen-bond acceptors (Lipinski definition) is 3. The minimum atomic E-state index is -4.47. The maximum Gasteiger partial charge on any atom is 0.416 e. The highest BCUT2D eigenvalue weighted by Crippen LogP contribution is 2.30. The predicted molar refractivity (Wildman–Crippen MR) is 88.8 cm³/mol. The van der Waals surface area contributed by atoms with Crippen molar-refractivity contribution in [3.05, 3.63) is 59.4 Å². The molecular formula is C18H16F4N2O2. The molecule has 1 fully saturated rings. The molecule has 1 saturated heterocycles. The van der Waals surface area contributed by atoms with Crippen LogP contribution in [0.25, 0.3) is 0 Å². The molecule has 1 N–H and O–H groups in total. The summed E-state index contributed by atoms with van der Waals surface area (Å²) in [6.07, 6.45) is -4.47. The number of amides is 1. The molecular weight excluding hydrogens is 352 g/mol. The van der Waals surface area contributed by atoms with Gasteiger partial charge in [-0.1, -0.05) is 0 Å². The zero-order valence-electron chi connectivity index (χ0n) is 13.6.